The number of rotatable bonds is 5. The number of hydrogen-bond donors (Lipinski definition) is 1. The molecule has 1 N–H and O–H groups in total. The first-order chi connectivity index (χ1) is 14.2. The molecule has 7 heteroatoms. The highest BCUT2D eigenvalue weighted by Gasteiger charge is 2.38. The second-order valence-electron chi connectivity index (χ2n) is 7.87. The highest BCUT2D eigenvalue weighted by Crippen LogP contribution is 2.28. The van der Waals surface area contributed by atoms with Gasteiger partial charge in [-0.1, -0.05) is 24.3 Å². The molecule has 1 heterocycles. The molecule has 0 saturated heterocycles. The van der Waals surface area contributed by atoms with Crippen LogP contribution in [0.5, 0.6) is 0 Å². The normalized spacial score (nSPS) is 14.4. The number of carbonyl (C=O) groups excluding carboxylic acids is 2. The number of terminal acetylenes is 1. The lowest BCUT2D eigenvalue weighted by molar-refractivity contribution is -0.124. The van der Waals surface area contributed by atoms with Crippen LogP contribution >= 0.6 is 11.3 Å². The van der Waals surface area contributed by atoms with Crippen molar-refractivity contribution in [1.29, 1.82) is 0 Å². The number of thiazole rings is 1. The van der Waals surface area contributed by atoms with Gasteiger partial charge in [0.05, 0.1) is 0 Å². The van der Waals surface area contributed by atoms with Crippen molar-refractivity contribution in [3.8, 4) is 12.3 Å². The Kier molecular flexibility index (Phi) is 6.18. The molecule has 1 unspecified atom stereocenters. The average Bonchev–Trinajstić information content (AvgIpc) is 3.36. The van der Waals surface area contributed by atoms with Crippen LogP contribution in [0.25, 0.3) is 0 Å². The van der Waals surface area contributed by atoms with Gasteiger partial charge >= 0.3 is 0 Å². The maximum Gasteiger partial charge on any atom is 0.278 e. The predicted octanol–water partition coefficient (Wildman–Crippen LogP) is 3.94. The van der Waals surface area contributed by atoms with Crippen molar-refractivity contribution < 1.29 is 14.0 Å². The highest BCUT2D eigenvalue weighted by atomic mass is 32.1. The van der Waals surface area contributed by atoms with Crippen LogP contribution in [-0.4, -0.2) is 28.4 Å². The van der Waals surface area contributed by atoms with Crippen molar-refractivity contribution in [3.05, 3.63) is 70.5 Å². The summed E-state index contributed by atoms with van der Waals surface area (Å²) in [6.07, 6.45) is 12.8. The zero-order valence-electron chi connectivity index (χ0n) is 16.9. The summed E-state index contributed by atoms with van der Waals surface area (Å²) in [5.41, 5.74) is 0.0204. The van der Waals surface area contributed by atoms with Gasteiger partial charge in [-0.15, -0.1) is 17.8 Å². The standard InChI is InChI=1S/C23H22FN3O2S/c1-5-19-25-18(14-30-19)22(29)27(17-12-10-16(24)11-13-17)20(15-8-6-7-9-15)21(28)26-23(2,3)4/h1,6-15,20H,2-4H3,(H,26,28). The molecule has 0 aliphatic heterocycles. The van der Waals surface area contributed by atoms with E-state index in [1.54, 1.807) is 5.38 Å². The van der Waals surface area contributed by atoms with E-state index in [9.17, 15) is 14.0 Å². The Hall–Kier alpha value is -3.24. The van der Waals surface area contributed by atoms with E-state index in [0.29, 0.717) is 10.7 Å². The van der Waals surface area contributed by atoms with Crippen LogP contribution in [-0.2, 0) is 4.79 Å². The fourth-order valence-corrected chi connectivity index (χ4v) is 3.73. The molecule has 0 saturated carbocycles. The summed E-state index contributed by atoms with van der Waals surface area (Å²) in [7, 11) is 0. The fraction of sp³-hybridized carbons (Fsp3) is 0.261. The summed E-state index contributed by atoms with van der Waals surface area (Å²) in [5, 5.41) is 4.89. The Morgan fingerprint density at radius 2 is 1.87 bits per heavy atom. The number of nitrogens with zero attached hydrogens (tertiary/aromatic N) is 2. The molecule has 3 rings (SSSR count). The van der Waals surface area contributed by atoms with Gasteiger partial charge in [0.25, 0.3) is 5.91 Å². The third-order valence-corrected chi connectivity index (χ3v) is 5.13. The Morgan fingerprint density at radius 3 is 2.40 bits per heavy atom. The Balaban J connectivity index is 2.11. The van der Waals surface area contributed by atoms with Gasteiger partial charge in [-0.2, -0.15) is 0 Å². The van der Waals surface area contributed by atoms with Crippen LogP contribution in [0.2, 0.25) is 0 Å². The predicted molar refractivity (Wildman–Crippen MR) is 117 cm³/mol. The van der Waals surface area contributed by atoms with Crippen molar-refractivity contribution in [2.75, 3.05) is 4.90 Å². The highest BCUT2D eigenvalue weighted by molar-refractivity contribution is 7.10. The molecule has 0 fully saturated rings. The number of amides is 2. The van der Waals surface area contributed by atoms with E-state index >= 15 is 0 Å². The molecule has 1 atom stereocenters. The SMILES string of the molecule is C#Cc1nc(C(=O)N(c2ccc(F)cc2)C(C(=O)NC(C)(C)C)C2C=CC=C2)cs1. The zero-order valence-corrected chi connectivity index (χ0v) is 17.7. The van der Waals surface area contributed by atoms with E-state index < -0.39 is 23.3 Å². The van der Waals surface area contributed by atoms with Crippen molar-refractivity contribution in [2.45, 2.75) is 32.4 Å². The maximum absolute atomic E-state index is 13.6. The van der Waals surface area contributed by atoms with Crippen LogP contribution in [0, 0.1) is 24.1 Å². The molecule has 0 radical (unpaired) electrons. The summed E-state index contributed by atoms with van der Waals surface area (Å²) >= 11 is 1.17. The minimum absolute atomic E-state index is 0.136. The number of carbonyl (C=O) groups is 2. The molecule has 2 aromatic rings. The Bertz CT molecular complexity index is 1030. The summed E-state index contributed by atoms with van der Waals surface area (Å²) in [6.45, 7) is 5.60. The minimum atomic E-state index is -0.895. The number of allylic oxidation sites excluding steroid dienone is 2. The topological polar surface area (TPSA) is 62.3 Å². The smallest absolute Gasteiger partial charge is 0.278 e. The van der Waals surface area contributed by atoms with E-state index in [-0.39, 0.29) is 17.5 Å². The monoisotopic (exact) mass is 423 g/mol. The number of halogens is 1. The number of benzene rings is 1. The first-order valence-corrected chi connectivity index (χ1v) is 10.3. The van der Waals surface area contributed by atoms with Crippen molar-refractivity contribution >= 4 is 28.8 Å². The second-order valence-corrected chi connectivity index (χ2v) is 8.72. The van der Waals surface area contributed by atoms with Crippen LogP contribution in [0.1, 0.15) is 36.3 Å². The van der Waals surface area contributed by atoms with E-state index in [2.05, 4.69) is 16.2 Å². The van der Waals surface area contributed by atoms with Crippen LogP contribution in [0.4, 0.5) is 10.1 Å². The summed E-state index contributed by atoms with van der Waals surface area (Å²) in [4.78, 5) is 32.4. The van der Waals surface area contributed by atoms with Gasteiger partial charge < -0.3 is 5.32 Å². The van der Waals surface area contributed by atoms with Crippen LogP contribution in [0.15, 0.2) is 53.9 Å². The van der Waals surface area contributed by atoms with Crippen molar-refractivity contribution in [2.24, 2.45) is 5.92 Å². The average molecular weight is 424 g/mol. The first-order valence-electron chi connectivity index (χ1n) is 9.38. The molecular weight excluding hydrogens is 401 g/mol. The Labute approximate surface area is 179 Å². The summed E-state index contributed by atoms with van der Waals surface area (Å²) in [6, 6.07) is 4.56. The molecule has 0 spiro atoms. The molecule has 2 amide bonds. The van der Waals surface area contributed by atoms with E-state index in [0.717, 1.165) is 0 Å². The third-order valence-electron chi connectivity index (χ3n) is 4.36. The van der Waals surface area contributed by atoms with Crippen LogP contribution < -0.4 is 10.2 Å². The van der Waals surface area contributed by atoms with Gasteiger partial charge in [-0.05, 0) is 51.0 Å². The number of nitrogens with one attached hydrogen (secondary N) is 1. The molecule has 154 valence electrons. The summed E-state index contributed by atoms with van der Waals surface area (Å²) in [5.74, 6) is 0.809. The first kappa shape index (κ1) is 21.5. The molecule has 1 aliphatic rings. The van der Waals surface area contributed by atoms with Gasteiger partial charge in [0.2, 0.25) is 5.91 Å². The largest absolute Gasteiger partial charge is 0.350 e. The number of hydrogen-bond acceptors (Lipinski definition) is 4. The van der Waals surface area contributed by atoms with E-state index in [4.69, 9.17) is 6.42 Å². The molecule has 1 aromatic carbocycles. The van der Waals surface area contributed by atoms with Gasteiger partial charge in [0.15, 0.2) is 5.01 Å². The van der Waals surface area contributed by atoms with Gasteiger partial charge in [-0.3, -0.25) is 14.5 Å². The lowest BCUT2D eigenvalue weighted by Gasteiger charge is -2.35. The van der Waals surface area contributed by atoms with Gasteiger partial charge in [0.1, 0.15) is 17.6 Å². The lowest BCUT2D eigenvalue weighted by atomic mass is 9.96. The van der Waals surface area contributed by atoms with E-state index in [1.807, 2.05) is 45.1 Å². The Morgan fingerprint density at radius 1 is 1.23 bits per heavy atom. The van der Waals surface area contributed by atoms with Crippen molar-refractivity contribution in [3.63, 3.8) is 0 Å². The number of aromatic nitrogens is 1. The minimum Gasteiger partial charge on any atom is -0.350 e. The van der Waals surface area contributed by atoms with Crippen molar-refractivity contribution in [1.82, 2.24) is 10.3 Å². The maximum atomic E-state index is 13.6. The fourth-order valence-electron chi connectivity index (χ4n) is 3.13. The number of anilines is 1. The molecular formula is C23H22FN3O2S. The van der Waals surface area contributed by atoms with Crippen LogP contribution in [0.3, 0.4) is 0 Å². The van der Waals surface area contributed by atoms with Gasteiger partial charge in [0, 0.05) is 22.5 Å². The molecule has 0 bridgehead atoms. The van der Waals surface area contributed by atoms with E-state index in [1.165, 1.54) is 40.5 Å². The lowest BCUT2D eigenvalue weighted by Crippen LogP contribution is -2.56. The molecule has 1 aliphatic carbocycles. The quantitative estimate of drug-likeness (QED) is 0.741. The molecule has 30 heavy (non-hydrogen) atoms. The third kappa shape index (κ3) is 4.84. The van der Waals surface area contributed by atoms with Gasteiger partial charge in [-0.25, -0.2) is 9.37 Å². The second kappa shape index (κ2) is 8.64. The zero-order chi connectivity index (χ0) is 21.9. The molecule has 1 aromatic heterocycles. The summed E-state index contributed by atoms with van der Waals surface area (Å²) < 4.78 is 13.6. The molecule has 5 nitrogen and oxygen atoms in total.